The van der Waals surface area contributed by atoms with E-state index >= 15 is 0 Å². The molecule has 96 valence electrons. The van der Waals surface area contributed by atoms with Crippen molar-refractivity contribution in [3.63, 3.8) is 0 Å². The number of ether oxygens (including phenoxy) is 1. The fraction of sp³-hybridized carbons (Fsp3) is 0.182. The van der Waals surface area contributed by atoms with Crippen molar-refractivity contribution in [1.82, 2.24) is 0 Å². The number of anilines is 1. The van der Waals surface area contributed by atoms with Gasteiger partial charge in [-0.25, -0.2) is 9.18 Å². The lowest BCUT2D eigenvalue weighted by Gasteiger charge is -2.04. The van der Waals surface area contributed by atoms with Crippen LogP contribution >= 0.6 is 11.6 Å². The summed E-state index contributed by atoms with van der Waals surface area (Å²) in [6.45, 7) is 1.73. The molecule has 0 aliphatic carbocycles. The van der Waals surface area contributed by atoms with Crippen LogP contribution in [0.3, 0.4) is 0 Å². The Morgan fingerprint density at radius 3 is 2.89 bits per heavy atom. The molecule has 1 N–H and O–H groups in total. The van der Waals surface area contributed by atoms with Gasteiger partial charge in [-0.15, -0.1) is 0 Å². The molecule has 18 heavy (non-hydrogen) atoms. The smallest absolute Gasteiger partial charge is 0.362 e. The average Bonchev–Trinajstić information content (AvgIpc) is 2.32. The number of aldehydes is 1. The van der Waals surface area contributed by atoms with Gasteiger partial charge in [-0.1, -0.05) is 11.6 Å². The van der Waals surface area contributed by atoms with Crippen LogP contribution in [0.25, 0.3) is 0 Å². The lowest BCUT2D eigenvalue weighted by atomic mass is 10.3. The Kier molecular flexibility index (Phi) is 5.26. The van der Waals surface area contributed by atoms with Crippen molar-refractivity contribution >= 4 is 35.3 Å². The van der Waals surface area contributed by atoms with Crippen LogP contribution in [0.5, 0.6) is 0 Å². The van der Waals surface area contributed by atoms with E-state index in [0.717, 1.165) is 12.1 Å². The number of nitrogens with zero attached hydrogens (tertiary/aromatic N) is 1. The van der Waals surface area contributed by atoms with E-state index in [2.05, 4.69) is 15.3 Å². The molecule has 0 amide bonds. The summed E-state index contributed by atoms with van der Waals surface area (Å²) in [5.41, 5.74) is 2.22. The fourth-order valence-electron chi connectivity index (χ4n) is 1.03. The molecule has 1 rings (SSSR count). The Morgan fingerprint density at radius 1 is 1.61 bits per heavy atom. The number of carbonyl (C=O) groups excluding carboxylic acids is 2. The third-order valence-electron chi connectivity index (χ3n) is 1.82. The number of hydrazone groups is 1. The predicted octanol–water partition coefficient (Wildman–Crippen LogP) is 2.01. The molecule has 0 saturated heterocycles. The van der Waals surface area contributed by atoms with E-state index in [0.29, 0.717) is 0 Å². The molecule has 0 spiro atoms. The van der Waals surface area contributed by atoms with E-state index in [4.69, 9.17) is 11.6 Å². The van der Waals surface area contributed by atoms with Gasteiger partial charge in [0, 0.05) is 0 Å². The van der Waals surface area contributed by atoms with E-state index in [-0.39, 0.29) is 23.6 Å². The van der Waals surface area contributed by atoms with Crippen LogP contribution in [-0.2, 0) is 14.3 Å². The van der Waals surface area contributed by atoms with Crippen LogP contribution in [0, 0.1) is 5.82 Å². The van der Waals surface area contributed by atoms with Crippen molar-refractivity contribution in [3.8, 4) is 0 Å². The number of rotatable bonds is 5. The van der Waals surface area contributed by atoms with E-state index < -0.39 is 17.5 Å². The van der Waals surface area contributed by atoms with Gasteiger partial charge in [0.1, 0.15) is 5.82 Å². The molecule has 0 radical (unpaired) electrons. The Bertz CT molecular complexity index is 491. The highest BCUT2D eigenvalue weighted by Crippen LogP contribution is 2.22. The molecule has 0 bridgehead atoms. The minimum absolute atomic E-state index is 0.0767. The highest BCUT2D eigenvalue weighted by Gasteiger charge is 2.11. The van der Waals surface area contributed by atoms with Gasteiger partial charge in [-0.3, -0.25) is 10.2 Å². The number of esters is 1. The summed E-state index contributed by atoms with van der Waals surface area (Å²) in [7, 11) is 0. The second-order valence-electron chi connectivity index (χ2n) is 3.07. The Hall–Kier alpha value is -1.95. The maximum Gasteiger partial charge on any atom is 0.362 e. The minimum Gasteiger partial charge on any atom is -0.461 e. The second-order valence-corrected chi connectivity index (χ2v) is 3.48. The van der Waals surface area contributed by atoms with Gasteiger partial charge in [0.25, 0.3) is 0 Å². The Balaban J connectivity index is 2.83. The van der Waals surface area contributed by atoms with Crippen molar-refractivity contribution in [2.24, 2.45) is 5.10 Å². The van der Waals surface area contributed by atoms with Crippen molar-refractivity contribution in [1.29, 1.82) is 0 Å². The summed E-state index contributed by atoms with van der Waals surface area (Å²) in [6, 6.07) is 3.56. The van der Waals surface area contributed by atoms with Gasteiger partial charge in [-0.05, 0) is 25.1 Å². The van der Waals surface area contributed by atoms with Crippen LogP contribution in [0.1, 0.15) is 6.92 Å². The summed E-state index contributed by atoms with van der Waals surface area (Å²) in [6.07, 6.45) is 0.252. The predicted molar refractivity (Wildman–Crippen MR) is 65.2 cm³/mol. The minimum atomic E-state index is -0.849. The average molecular weight is 273 g/mol. The van der Waals surface area contributed by atoms with E-state index in [1.54, 1.807) is 6.92 Å². The monoisotopic (exact) mass is 272 g/mol. The number of halogens is 2. The third-order valence-corrected chi connectivity index (χ3v) is 2.14. The van der Waals surface area contributed by atoms with Gasteiger partial charge < -0.3 is 4.74 Å². The largest absolute Gasteiger partial charge is 0.461 e. The molecule has 0 aliphatic rings. The van der Waals surface area contributed by atoms with E-state index in [1.807, 2.05) is 0 Å². The molecule has 0 fully saturated rings. The first-order valence-electron chi connectivity index (χ1n) is 4.99. The van der Waals surface area contributed by atoms with Gasteiger partial charge in [0.15, 0.2) is 6.29 Å². The first kappa shape index (κ1) is 14.1. The van der Waals surface area contributed by atoms with Crippen LogP contribution in [0.2, 0.25) is 5.02 Å². The number of hydrogen-bond donors (Lipinski definition) is 1. The first-order chi connectivity index (χ1) is 8.58. The van der Waals surface area contributed by atoms with Crippen molar-refractivity contribution in [2.75, 3.05) is 12.0 Å². The molecule has 1 aromatic carbocycles. The molecule has 0 atom stereocenters. The zero-order valence-corrected chi connectivity index (χ0v) is 10.2. The standard InChI is InChI=1S/C11H10ClFN2O3/c1-2-18-11(17)10(6-16)15-14-9-4-3-7(13)5-8(9)12/h3-6,14H,2H2,1H3/b15-10+. The molecule has 5 nitrogen and oxygen atoms in total. The summed E-state index contributed by atoms with van der Waals surface area (Å²) in [5, 5.41) is 3.62. The molecule has 0 unspecified atom stereocenters. The van der Waals surface area contributed by atoms with Crippen molar-refractivity contribution in [3.05, 3.63) is 29.0 Å². The third kappa shape index (κ3) is 3.81. The normalized spacial score (nSPS) is 10.9. The fourth-order valence-corrected chi connectivity index (χ4v) is 1.24. The molecule has 1 aromatic rings. The summed E-state index contributed by atoms with van der Waals surface area (Å²) < 4.78 is 17.4. The molecule has 0 heterocycles. The highest BCUT2D eigenvalue weighted by molar-refractivity contribution is 6.58. The van der Waals surface area contributed by atoms with Crippen molar-refractivity contribution < 1.29 is 18.7 Å². The number of hydrogen-bond acceptors (Lipinski definition) is 5. The Morgan fingerprint density at radius 2 is 2.33 bits per heavy atom. The summed E-state index contributed by atoms with van der Waals surface area (Å²) >= 11 is 5.72. The molecule has 0 saturated carbocycles. The maximum absolute atomic E-state index is 12.8. The van der Waals surface area contributed by atoms with Gasteiger partial charge in [-0.2, -0.15) is 5.10 Å². The molecule has 0 aromatic heterocycles. The SMILES string of the molecule is CCOC(=O)/C(C=O)=N/Nc1ccc(F)cc1Cl. The Labute approximate surface area is 108 Å². The second kappa shape index (κ2) is 6.70. The van der Waals surface area contributed by atoms with E-state index in [1.165, 1.54) is 6.07 Å². The zero-order valence-electron chi connectivity index (χ0n) is 9.44. The van der Waals surface area contributed by atoms with Crippen molar-refractivity contribution in [2.45, 2.75) is 6.92 Å². The number of carbonyl (C=O) groups is 2. The number of benzene rings is 1. The van der Waals surface area contributed by atoms with Gasteiger partial charge in [0.05, 0.1) is 17.3 Å². The zero-order chi connectivity index (χ0) is 13.5. The molecule has 7 heteroatoms. The topological polar surface area (TPSA) is 67.8 Å². The van der Waals surface area contributed by atoms with Crippen LogP contribution in [-0.4, -0.2) is 24.6 Å². The molecule has 0 aliphatic heterocycles. The molecular formula is C11H10ClFN2O3. The summed E-state index contributed by atoms with van der Waals surface area (Å²) in [5.74, 6) is -1.35. The highest BCUT2D eigenvalue weighted by atomic mass is 35.5. The van der Waals surface area contributed by atoms with Crippen LogP contribution in [0.15, 0.2) is 23.3 Å². The lowest BCUT2D eigenvalue weighted by molar-refractivity contribution is -0.135. The quantitative estimate of drug-likeness (QED) is 0.293. The first-order valence-corrected chi connectivity index (χ1v) is 5.37. The lowest BCUT2D eigenvalue weighted by Crippen LogP contribution is -2.20. The number of nitrogens with one attached hydrogen (secondary N) is 1. The van der Waals surface area contributed by atoms with Crippen LogP contribution < -0.4 is 5.43 Å². The summed E-state index contributed by atoms with van der Waals surface area (Å²) in [4.78, 5) is 21.8. The maximum atomic E-state index is 12.8. The van der Waals surface area contributed by atoms with Gasteiger partial charge >= 0.3 is 5.97 Å². The van der Waals surface area contributed by atoms with Gasteiger partial charge in [0.2, 0.25) is 5.71 Å². The van der Waals surface area contributed by atoms with Crippen LogP contribution in [0.4, 0.5) is 10.1 Å². The molecular weight excluding hydrogens is 263 g/mol. The van der Waals surface area contributed by atoms with E-state index in [9.17, 15) is 14.0 Å².